The van der Waals surface area contributed by atoms with Crippen LogP contribution in [0.25, 0.3) is 10.9 Å². The maximum Gasteiger partial charge on any atom is 0.451 e. The van der Waals surface area contributed by atoms with Gasteiger partial charge in [-0.15, -0.1) is 0 Å². The highest BCUT2D eigenvalue weighted by Crippen LogP contribution is 2.32. The molecule has 118 valence electrons. The highest BCUT2D eigenvalue weighted by atomic mass is 35.5. The number of hydrogen-bond acceptors (Lipinski definition) is 3. The van der Waals surface area contributed by atoms with E-state index in [4.69, 9.17) is 11.6 Å². The molecule has 0 radical (unpaired) electrons. The lowest BCUT2D eigenvalue weighted by Gasteiger charge is -2.12. The highest BCUT2D eigenvalue weighted by molar-refractivity contribution is 6.30. The number of halogens is 5. The Kier molecular flexibility index (Phi) is 3.81. The lowest BCUT2D eigenvalue weighted by Crippen LogP contribution is -2.13. The lowest BCUT2D eigenvalue weighted by molar-refractivity contribution is -0.144. The average molecular weight is 342 g/mol. The van der Waals surface area contributed by atoms with E-state index in [2.05, 4.69) is 15.3 Å². The predicted molar refractivity (Wildman–Crippen MR) is 79.2 cm³/mol. The van der Waals surface area contributed by atoms with E-state index in [1.807, 2.05) is 0 Å². The molecule has 0 saturated carbocycles. The third kappa shape index (κ3) is 3.19. The van der Waals surface area contributed by atoms with Gasteiger partial charge in [-0.2, -0.15) is 13.2 Å². The number of alkyl halides is 3. The molecule has 0 aliphatic carbocycles. The monoisotopic (exact) mass is 341 g/mol. The number of hydrogen-bond donors (Lipinski definition) is 1. The fourth-order valence-corrected chi connectivity index (χ4v) is 2.14. The third-order valence-corrected chi connectivity index (χ3v) is 3.29. The van der Waals surface area contributed by atoms with Crippen LogP contribution in [-0.4, -0.2) is 9.97 Å². The van der Waals surface area contributed by atoms with E-state index in [1.54, 1.807) is 24.3 Å². The molecule has 0 amide bonds. The Hall–Kier alpha value is -2.41. The fraction of sp³-hybridized carbons (Fsp3) is 0.0667. The SMILES string of the molecule is Fc1cccc2c(Nc3ccc(Cl)cc3)nc(C(F)(F)F)nc12. The number of fused-ring (bicyclic) bond motifs is 1. The van der Waals surface area contributed by atoms with Crippen molar-refractivity contribution in [2.24, 2.45) is 0 Å². The summed E-state index contributed by atoms with van der Waals surface area (Å²) in [4.78, 5) is 6.77. The first kappa shape index (κ1) is 15.5. The Morgan fingerprint density at radius 1 is 0.957 bits per heavy atom. The molecule has 0 spiro atoms. The summed E-state index contributed by atoms with van der Waals surface area (Å²) in [6.45, 7) is 0. The highest BCUT2D eigenvalue weighted by Gasteiger charge is 2.36. The van der Waals surface area contributed by atoms with Crippen LogP contribution < -0.4 is 5.32 Å². The third-order valence-electron chi connectivity index (χ3n) is 3.04. The molecular weight excluding hydrogens is 334 g/mol. The predicted octanol–water partition coefficient (Wildman–Crippen LogP) is 5.18. The Bertz CT molecular complexity index is 863. The zero-order valence-corrected chi connectivity index (χ0v) is 12.1. The van der Waals surface area contributed by atoms with Gasteiger partial charge in [-0.1, -0.05) is 17.7 Å². The van der Waals surface area contributed by atoms with E-state index in [0.29, 0.717) is 10.7 Å². The standard InChI is InChI=1S/C15H8ClF4N3/c16-8-4-6-9(7-5-8)21-13-10-2-1-3-11(17)12(10)22-14(23-13)15(18,19)20/h1-7H,(H,21,22,23). The van der Waals surface area contributed by atoms with Crippen LogP contribution in [0.4, 0.5) is 29.1 Å². The molecule has 0 unspecified atom stereocenters. The molecule has 0 bridgehead atoms. The van der Waals surface area contributed by atoms with Crippen molar-refractivity contribution in [3.63, 3.8) is 0 Å². The van der Waals surface area contributed by atoms with Gasteiger partial charge in [-0.05, 0) is 36.4 Å². The average Bonchev–Trinajstić information content (AvgIpc) is 2.49. The molecule has 0 atom stereocenters. The smallest absolute Gasteiger partial charge is 0.340 e. The van der Waals surface area contributed by atoms with Crippen molar-refractivity contribution in [2.45, 2.75) is 6.18 Å². The second kappa shape index (κ2) is 5.66. The molecule has 3 nitrogen and oxygen atoms in total. The zero-order chi connectivity index (χ0) is 16.6. The van der Waals surface area contributed by atoms with Gasteiger partial charge in [-0.3, -0.25) is 0 Å². The molecule has 3 aromatic rings. The molecular formula is C15H8ClF4N3. The molecule has 0 fully saturated rings. The van der Waals surface area contributed by atoms with Gasteiger partial charge in [-0.25, -0.2) is 14.4 Å². The van der Waals surface area contributed by atoms with Crippen molar-refractivity contribution in [2.75, 3.05) is 5.32 Å². The first-order valence-corrected chi connectivity index (χ1v) is 6.78. The number of benzene rings is 2. The number of aromatic nitrogens is 2. The Morgan fingerprint density at radius 3 is 2.30 bits per heavy atom. The van der Waals surface area contributed by atoms with Crippen molar-refractivity contribution in [3.05, 3.63) is 59.1 Å². The van der Waals surface area contributed by atoms with Gasteiger partial charge >= 0.3 is 6.18 Å². The molecule has 0 aliphatic heterocycles. The fourth-order valence-electron chi connectivity index (χ4n) is 2.01. The van der Waals surface area contributed by atoms with Gasteiger partial charge in [0.15, 0.2) is 0 Å². The van der Waals surface area contributed by atoms with Crippen LogP contribution in [0.2, 0.25) is 5.02 Å². The maximum absolute atomic E-state index is 13.8. The number of nitrogens with zero attached hydrogens (tertiary/aromatic N) is 2. The minimum Gasteiger partial charge on any atom is -0.340 e. The van der Waals surface area contributed by atoms with Crippen molar-refractivity contribution in [1.29, 1.82) is 0 Å². The summed E-state index contributed by atoms with van der Waals surface area (Å²) in [6.07, 6.45) is -4.78. The van der Waals surface area contributed by atoms with Crippen LogP contribution in [0.1, 0.15) is 5.82 Å². The molecule has 23 heavy (non-hydrogen) atoms. The summed E-state index contributed by atoms with van der Waals surface area (Å²) >= 11 is 5.76. The molecule has 3 rings (SSSR count). The minimum atomic E-state index is -4.78. The summed E-state index contributed by atoms with van der Waals surface area (Å²) in [7, 11) is 0. The van der Waals surface area contributed by atoms with Gasteiger partial charge in [0, 0.05) is 16.1 Å². The summed E-state index contributed by atoms with van der Waals surface area (Å²) in [5, 5.41) is 3.36. The van der Waals surface area contributed by atoms with Crippen LogP contribution in [0.3, 0.4) is 0 Å². The summed E-state index contributed by atoms with van der Waals surface area (Å²) in [5.74, 6) is -2.40. The first-order chi connectivity index (χ1) is 10.8. The molecule has 1 heterocycles. The van der Waals surface area contributed by atoms with Crippen LogP contribution in [0.15, 0.2) is 42.5 Å². The van der Waals surface area contributed by atoms with Crippen molar-refractivity contribution in [3.8, 4) is 0 Å². The Morgan fingerprint density at radius 2 is 1.65 bits per heavy atom. The Labute approximate surface area is 132 Å². The number of nitrogens with one attached hydrogen (secondary N) is 1. The van der Waals surface area contributed by atoms with Crippen molar-refractivity contribution in [1.82, 2.24) is 9.97 Å². The van der Waals surface area contributed by atoms with E-state index in [9.17, 15) is 17.6 Å². The van der Waals surface area contributed by atoms with Crippen molar-refractivity contribution >= 4 is 34.0 Å². The van der Waals surface area contributed by atoms with Crippen molar-refractivity contribution < 1.29 is 17.6 Å². The second-order valence-electron chi connectivity index (χ2n) is 4.66. The minimum absolute atomic E-state index is 0.135. The van der Waals surface area contributed by atoms with Crippen LogP contribution >= 0.6 is 11.6 Å². The largest absolute Gasteiger partial charge is 0.451 e. The normalized spacial score (nSPS) is 11.7. The van der Waals surface area contributed by atoms with Gasteiger partial charge in [0.2, 0.25) is 5.82 Å². The molecule has 1 N–H and O–H groups in total. The quantitative estimate of drug-likeness (QED) is 0.652. The van der Waals surface area contributed by atoms with Gasteiger partial charge in [0.1, 0.15) is 17.2 Å². The zero-order valence-electron chi connectivity index (χ0n) is 11.3. The van der Waals surface area contributed by atoms with Gasteiger partial charge in [0.05, 0.1) is 0 Å². The number of rotatable bonds is 2. The van der Waals surface area contributed by atoms with Gasteiger partial charge in [0.25, 0.3) is 0 Å². The first-order valence-electron chi connectivity index (χ1n) is 6.40. The number of anilines is 2. The molecule has 1 aromatic heterocycles. The van der Waals surface area contributed by atoms with E-state index < -0.39 is 23.3 Å². The Balaban J connectivity index is 2.17. The molecule has 0 aliphatic rings. The molecule has 0 saturated heterocycles. The summed E-state index contributed by atoms with van der Waals surface area (Å²) in [5.41, 5.74) is 0.0677. The van der Waals surface area contributed by atoms with E-state index in [1.165, 1.54) is 12.1 Å². The van der Waals surface area contributed by atoms with Crippen LogP contribution in [-0.2, 0) is 6.18 Å². The van der Waals surface area contributed by atoms with E-state index in [-0.39, 0.29) is 11.2 Å². The topological polar surface area (TPSA) is 37.8 Å². The number of para-hydroxylation sites is 1. The maximum atomic E-state index is 13.8. The lowest BCUT2D eigenvalue weighted by atomic mass is 10.2. The van der Waals surface area contributed by atoms with E-state index in [0.717, 1.165) is 6.07 Å². The summed E-state index contributed by atoms with van der Waals surface area (Å²) < 4.78 is 52.6. The van der Waals surface area contributed by atoms with E-state index >= 15 is 0 Å². The second-order valence-corrected chi connectivity index (χ2v) is 5.10. The molecule has 2 aromatic carbocycles. The molecule has 8 heteroatoms. The van der Waals surface area contributed by atoms with Gasteiger partial charge < -0.3 is 5.32 Å². The van der Waals surface area contributed by atoms with Crippen LogP contribution in [0.5, 0.6) is 0 Å². The summed E-state index contributed by atoms with van der Waals surface area (Å²) in [6, 6.07) is 10.1. The van der Waals surface area contributed by atoms with Crippen LogP contribution in [0, 0.1) is 5.82 Å².